The molecule has 0 fully saturated rings. The standard InChI is InChI=1S/C13H21N3O3S/c1-10-5-6-11(9-14)8-12(10)20(18,19)16-7-3-2-4-13(15)17/h5-6,8,16H,2-4,7,9,14H2,1H3,(H2,15,17). The van der Waals surface area contributed by atoms with Crippen LogP contribution >= 0.6 is 0 Å². The smallest absolute Gasteiger partial charge is 0.240 e. The highest BCUT2D eigenvalue weighted by Crippen LogP contribution is 2.16. The summed E-state index contributed by atoms with van der Waals surface area (Å²) in [6.45, 7) is 2.31. The molecule has 0 spiro atoms. The number of benzene rings is 1. The van der Waals surface area contributed by atoms with Crippen molar-refractivity contribution >= 4 is 15.9 Å². The molecule has 1 aromatic carbocycles. The van der Waals surface area contributed by atoms with Gasteiger partial charge in [0.2, 0.25) is 15.9 Å². The van der Waals surface area contributed by atoms with E-state index in [4.69, 9.17) is 11.5 Å². The highest BCUT2D eigenvalue weighted by Gasteiger charge is 2.16. The Balaban J connectivity index is 2.67. The Morgan fingerprint density at radius 1 is 1.30 bits per heavy atom. The first-order valence-corrected chi connectivity index (χ1v) is 7.92. The van der Waals surface area contributed by atoms with Gasteiger partial charge < -0.3 is 11.5 Å². The molecule has 0 aromatic heterocycles. The number of nitrogens with one attached hydrogen (secondary N) is 1. The van der Waals surface area contributed by atoms with Crippen molar-refractivity contribution in [1.29, 1.82) is 0 Å². The summed E-state index contributed by atoms with van der Waals surface area (Å²) in [4.78, 5) is 10.8. The monoisotopic (exact) mass is 299 g/mol. The Morgan fingerprint density at radius 2 is 2.00 bits per heavy atom. The van der Waals surface area contributed by atoms with Crippen molar-refractivity contribution in [2.75, 3.05) is 6.54 Å². The molecule has 20 heavy (non-hydrogen) atoms. The van der Waals surface area contributed by atoms with Crippen molar-refractivity contribution in [3.8, 4) is 0 Å². The van der Waals surface area contributed by atoms with Crippen molar-refractivity contribution in [2.45, 2.75) is 37.6 Å². The molecule has 7 heteroatoms. The second-order valence-corrected chi connectivity index (χ2v) is 6.36. The van der Waals surface area contributed by atoms with Crippen LogP contribution in [0, 0.1) is 6.92 Å². The van der Waals surface area contributed by atoms with Gasteiger partial charge in [0.15, 0.2) is 0 Å². The van der Waals surface area contributed by atoms with Gasteiger partial charge in [0, 0.05) is 19.5 Å². The average Bonchev–Trinajstić information content (AvgIpc) is 2.38. The predicted molar refractivity (Wildman–Crippen MR) is 77.3 cm³/mol. The molecular weight excluding hydrogens is 278 g/mol. The van der Waals surface area contributed by atoms with Crippen LogP contribution in [0.15, 0.2) is 23.1 Å². The van der Waals surface area contributed by atoms with Crippen molar-refractivity contribution in [3.63, 3.8) is 0 Å². The van der Waals surface area contributed by atoms with Gasteiger partial charge in [-0.05, 0) is 37.0 Å². The summed E-state index contributed by atoms with van der Waals surface area (Å²) >= 11 is 0. The van der Waals surface area contributed by atoms with E-state index in [1.54, 1.807) is 25.1 Å². The summed E-state index contributed by atoms with van der Waals surface area (Å²) in [5.41, 5.74) is 12.0. The number of sulfonamides is 1. The predicted octanol–water partition coefficient (Wildman–Crippen LogP) is 0.388. The van der Waals surface area contributed by atoms with Gasteiger partial charge in [0.1, 0.15) is 0 Å². The maximum absolute atomic E-state index is 12.2. The van der Waals surface area contributed by atoms with Crippen LogP contribution in [-0.4, -0.2) is 20.9 Å². The van der Waals surface area contributed by atoms with E-state index < -0.39 is 10.0 Å². The molecular formula is C13H21N3O3S. The molecule has 0 radical (unpaired) electrons. The largest absolute Gasteiger partial charge is 0.370 e. The first-order valence-electron chi connectivity index (χ1n) is 6.44. The molecule has 1 rings (SSSR count). The quantitative estimate of drug-likeness (QED) is 0.602. The number of amides is 1. The summed E-state index contributed by atoms with van der Waals surface area (Å²) in [6.07, 6.45) is 1.40. The van der Waals surface area contributed by atoms with Crippen molar-refractivity contribution in [3.05, 3.63) is 29.3 Å². The number of hydrogen-bond donors (Lipinski definition) is 3. The van der Waals surface area contributed by atoms with E-state index in [0.29, 0.717) is 24.9 Å². The lowest BCUT2D eigenvalue weighted by atomic mass is 10.1. The van der Waals surface area contributed by atoms with Gasteiger partial charge >= 0.3 is 0 Å². The van der Waals surface area contributed by atoms with Crippen molar-refractivity contribution in [1.82, 2.24) is 4.72 Å². The number of rotatable bonds is 8. The van der Waals surface area contributed by atoms with E-state index in [2.05, 4.69) is 4.72 Å². The molecule has 0 aliphatic heterocycles. The summed E-state index contributed by atoms with van der Waals surface area (Å²) in [5.74, 6) is -0.376. The SMILES string of the molecule is Cc1ccc(CN)cc1S(=O)(=O)NCCCCC(N)=O. The van der Waals surface area contributed by atoms with Gasteiger partial charge in [-0.3, -0.25) is 4.79 Å². The zero-order valence-corrected chi connectivity index (χ0v) is 12.4. The number of carbonyl (C=O) groups excluding carboxylic acids is 1. The van der Waals surface area contributed by atoms with Crippen molar-refractivity contribution < 1.29 is 13.2 Å². The maximum Gasteiger partial charge on any atom is 0.240 e. The Hall–Kier alpha value is -1.44. The van der Waals surface area contributed by atoms with Crippen LogP contribution in [0.3, 0.4) is 0 Å². The van der Waals surface area contributed by atoms with Gasteiger partial charge in [-0.2, -0.15) is 0 Å². The minimum Gasteiger partial charge on any atom is -0.370 e. The number of aryl methyl sites for hydroxylation is 1. The Kier molecular flexibility index (Phi) is 6.12. The molecule has 0 heterocycles. The van der Waals surface area contributed by atoms with E-state index >= 15 is 0 Å². The summed E-state index contributed by atoms with van der Waals surface area (Å²) in [5, 5.41) is 0. The second-order valence-electron chi connectivity index (χ2n) is 4.63. The van der Waals surface area contributed by atoms with E-state index in [1.165, 1.54) is 0 Å². The molecule has 0 saturated heterocycles. The number of carbonyl (C=O) groups is 1. The molecule has 1 aromatic rings. The fraction of sp³-hybridized carbons (Fsp3) is 0.462. The highest BCUT2D eigenvalue weighted by molar-refractivity contribution is 7.89. The van der Waals surface area contributed by atoms with E-state index in [0.717, 1.165) is 5.56 Å². The van der Waals surface area contributed by atoms with E-state index in [9.17, 15) is 13.2 Å². The third-order valence-corrected chi connectivity index (χ3v) is 4.52. The van der Waals surface area contributed by atoms with Gasteiger partial charge in [0.05, 0.1) is 4.90 Å². The first-order chi connectivity index (χ1) is 9.36. The molecule has 0 aliphatic carbocycles. The minimum absolute atomic E-state index is 0.246. The minimum atomic E-state index is -3.55. The van der Waals surface area contributed by atoms with Crippen LogP contribution in [0.1, 0.15) is 30.4 Å². The van der Waals surface area contributed by atoms with Crippen LogP contribution < -0.4 is 16.2 Å². The fourth-order valence-electron chi connectivity index (χ4n) is 1.77. The van der Waals surface area contributed by atoms with E-state index in [-0.39, 0.29) is 23.8 Å². The Morgan fingerprint density at radius 3 is 2.60 bits per heavy atom. The maximum atomic E-state index is 12.2. The Labute approximate surface area is 119 Å². The molecule has 1 amide bonds. The van der Waals surface area contributed by atoms with Gasteiger partial charge in [0.25, 0.3) is 0 Å². The zero-order chi connectivity index (χ0) is 15.2. The highest BCUT2D eigenvalue weighted by atomic mass is 32.2. The molecule has 112 valence electrons. The van der Waals surface area contributed by atoms with Crippen LogP contribution in [0.2, 0.25) is 0 Å². The van der Waals surface area contributed by atoms with Gasteiger partial charge in [-0.25, -0.2) is 13.1 Å². The second kappa shape index (κ2) is 7.37. The lowest BCUT2D eigenvalue weighted by molar-refractivity contribution is -0.118. The Bertz CT molecular complexity index is 570. The molecule has 0 atom stereocenters. The fourth-order valence-corrected chi connectivity index (χ4v) is 3.14. The molecule has 0 saturated carbocycles. The summed E-state index contributed by atoms with van der Waals surface area (Å²) in [6, 6.07) is 5.13. The summed E-state index contributed by atoms with van der Waals surface area (Å²) in [7, 11) is -3.55. The lowest BCUT2D eigenvalue weighted by Crippen LogP contribution is -2.26. The normalized spacial score (nSPS) is 11.5. The third-order valence-electron chi connectivity index (χ3n) is 2.92. The number of hydrogen-bond acceptors (Lipinski definition) is 4. The topological polar surface area (TPSA) is 115 Å². The lowest BCUT2D eigenvalue weighted by Gasteiger charge is -2.10. The van der Waals surface area contributed by atoms with Crippen LogP contribution in [-0.2, 0) is 21.4 Å². The zero-order valence-electron chi connectivity index (χ0n) is 11.6. The van der Waals surface area contributed by atoms with Crippen LogP contribution in [0.5, 0.6) is 0 Å². The van der Waals surface area contributed by atoms with Gasteiger partial charge in [-0.15, -0.1) is 0 Å². The third kappa shape index (κ3) is 4.92. The number of nitrogens with two attached hydrogens (primary N) is 2. The van der Waals surface area contributed by atoms with Crippen molar-refractivity contribution in [2.24, 2.45) is 11.5 Å². The number of unbranched alkanes of at least 4 members (excludes halogenated alkanes) is 1. The molecule has 0 aliphatic rings. The van der Waals surface area contributed by atoms with Gasteiger partial charge in [-0.1, -0.05) is 12.1 Å². The average molecular weight is 299 g/mol. The first kappa shape index (κ1) is 16.6. The molecule has 5 N–H and O–H groups in total. The van der Waals surface area contributed by atoms with E-state index in [1.807, 2.05) is 0 Å². The summed E-state index contributed by atoms with van der Waals surface area (Å²) < 4.78 is 26.9. The molecule has 0 unspecified atom stereocenters. The molecule has 6 nitrogen and oxygen atoms in total. The van der Waals surface area contributed by atoms with Crippen LogP contribution in [0.25, 0.3) is 0 Å². The number of primary amides is 1. The molecule has 0 bridgehead atoms. The van der Waals surface area contributed by atoms with Crippen LogP contribution in [0.4, 0.5) is 0 Å².